The van der Waals surface area contributed by atoms with Gasteiger partial charge in [0.25, 0.3) is 0 Å². The fourth-order valence-electron chi connectivity index (χ4n) is 2.80. The van der Waals surface area contributed by atoms with Crippen LogP contribution < -0.4 is 4.74 Å². The van der Waals surface area contributed by atoms with Crippen LogP contribution in [-0.2, 0) is 11.2 Å². The zero-order valence-corrected chi connectivity index (χ0v) is 17.3. The van der Waals surface area contributed by atoms with Crippen molar-refractivity contribution in [3.63, 3.8) is 0 Å². The van der Waals surface area contributed by atoms with Crippen molar-refractivity contribution in [2.45, 2.75) is 33.1 Å². The van der Waals surface area contributed by atoms with E-state index in [1.165, 1.54) is 5.56 Å². The molecule has 1 aromatic heterocycles. The van der Waals surface area contributed by atoms with Crippen molar-refractivity contribution < 1.29 is 19.1 Å². The van der Waals surface area contributed by atoms with Crippen LogP contribution in [-0.4, -0.2) is 23.5 Å². The Kier molecular flexibility index (Phi) is 7.33. The summed E-state index contributed by atoms with van der Waals surface area (Å²) in [5.41, 5.74) is 3.83. The Morgan fingerprint density at radius 3 is 2.10 bits per heavy atom. The van der Waals surface area contributed by atoms with E-state index in [-0.39, 0.29) is 5.97 Å². The second kappa shape index (κ2) is 10.3. The number of rotatable bonds is 8. The number of unbranched alkanes of at least 4 members (excludes halogenated alkanes) is 1. The van der Waals surface area contributed by atoms with Crippen molar-refractivity contribution in [3.05, 3.63) is 83.6 Å². The lowest BCUT2D eigenvalue weighted by molar-refractivity contribution is 0.0499. The van der Waals surface area contributed by atoms with E-state index in [0.29, 0.717) is 23.5 Å². The number of pyridine rings is 1. The molecule has 0 unspecified atom stereocenters. The van der Waals surface area contributed by atoms with Gasteiger partial charge in [-0.25, -0.2) is 9.59 Å². The minimum absolute atomic E-state index is 0.367. The molecule has 0 N–H and O–H groups in total. The minimum Gasteiger partial charge on any atom is -0.462 e. The molecule has 0 aliphatic carbocycles. The van der Waals surface area contributed by atoms with Gasteiger partial charge in [0.2, 0.25) is 0 Å². The van der Waals surface area contributed by atoms with Crippen LogP contribution in [0.25, 0.3) is 11.3 Å². The van der Waals surface area contributed by atoms with Gasteiger partial charge in [0.05, 0.1) is 23.4 Å². The predicted molar refractivity (Wildman–Crippen MR) is 116 cm³/mol. The molecule has 154 valence electrons. The third kappa shape index (κ3) is 5.54. The molecule has 0 atom stereocenters. The monoisotopic (exact) mass is 403 g/mol. The van der Waals surface area contributed by atoms with Crippen molar-refractivity contribution in [2.24, 2.45) is 0 Å². The average Bonchev–Trinajstić information content (AvgIpc) is 2.80. The molecule has 3 aromatic rings. The van der Waals surface area contributed by atoms with Crippen LogP contribution in [0.5, 0.6) is 5.75 Å². The molecule has 0 saturated carbocycles. The van der Waals surface area contributed by atoms with Gasteiger partial charge in [-0.15, -0.1) is 0 Å². The molecule has 0 aliphatic heterocycles. The van der Waals surface area contributed by atoms with E-state index in [1.807, 2.05) is 37.4 Å². The van der Waals surface area contributed by atoms with Crippen LogP contribution in [0.2, 0.25) is 0 Å². The van der Waals surface area contributed by atoms with Crippen LogP contribution in [0, 0.1) is 0 Å². The van der Waals surface area contributed by atoms with Crippen LogP contribution in [0.3, 0.4) is 0 Å². The molecule has 0 aliphatic rings. The smallest absolute Gasteiger partial charge is 0.343 e. The maximum atomic E-state index is 12.4. The fourth-order valence-corrected chi connectivity index (χ4v) is 2.80. The predicted octanol–water partition coefficient (Wildman–Crippen LogP) is 5.49. The summed E-state index contributed by atoms with van der Waals surface area (Å²) in [7, 11) is 0. The van der Waals surface area contributed by atoms with Crippen molar-refractivity contribution >= 4 is 11.9 Å². The Balaban J connectivity index is 1.60. The first-order chi connectivity index (χ1) is 14.6. The normalized spacial score (nSPS) is 10.5. The van der Waals surface area contributed by atoms with E-state index >= 15 is 0 Å². The summed E-state index contributed by atoms with van der Waals surface area (Å²) in [6.07, 6.45) is 4.60. The van der Waals surface area contributed by atoms with Gasteiger partial charge in [-0.3, -0.25) is 4.98 Å². The third-order valence-electron chi connectivity index (χ3n) is 4.68. The van der Waals surface area contributed by atoms with Gasteiger partial charge in [0.1, 0.15) is 5.75 Å². The van der Waals surface area contributed by atoms with Gasteiger partial charge in [-0.2, -0.15) is 0 Å². The second-order valence-corrected chi connectivity index (χ2v) is 6.89. The molecule has 2 aromatic carbocycles. The van der Waals surface area contributed by atoms with E-state index in [2.05, 4.69) is 11.9 Å². The molecule has 0 fully saturated rings. The Hall–Kier alpha value is -3.47. The van der Waals surface area contributed by atoms with Gasteiger partial charge in [0, 0.05) is 11.8 Å². The van der Waals surface area contributed by atoms with Gasteiger partial charge in [0.15, 0.2) is 0 Å². The van der Waals surface area contributed by atoms with Crippen LogP contribution in [0.4, 0.5) is 0 Å². The summed E-state index contributed by atoms with van der Waals surface area (Å²) >= 11 is 0. The highest BCUT2D eigenvalue weighted by atomic mass is 16.5. The highest BCUT2D eigenvalue weighted by Gasteiger charge is 2.11. The highest BCUT2D eigenvalue weighted by Crippen LogP contribution is 2.20. The van der Waals surface area contributed by atoms with E-state index in [4.69, 9.17) is 9.47 Å². The summed E-state index contributed by atoms with van der Waals surface area (Å²) in [6, 6.07) is 17.5. The third-order valence-corrected chi connectivity index (χ3v) is 4.68. The molecule has 3 rings (SSSR count). The molecular formula is C25H25NO4. The molecule has 0 amide bonds. The van der Waals surface area contributed by atoms with Gasteiger partial charge in [-0.05, 0) is 60.9 Å². The summed E-state index contributed by atoms with van der Waals surface area (Å²) in [4.78, 5) is 28.8. The lowest BCUT2D eigenvalue weighted by atomic mass is 10.1. The second-order valence-electron chi connectivity index (χ2n) is 6.89. The molecule has 1 heterocycles. The quantitative estimate of drug-likeness (QED) is 0.283. The fraction of sp³-hybridized carbons (Fsp3) is 0.240. The number of nitrogens with zero attached hydrogens (tertiary/aromatic N) is 1. The number of hydrogen-bond acceptors (Lipinski definition) is 5. The summed E-state index contributed by atoms with van der Waals surface area (Å²) < 4.78 is 10.6. The maximum absolute atomic E-state index is 12.4. The minimum atomic E-state index is -0.464. The number of ether oxygens (including phenoxy) is 2. The SMILES string of the molecule is CCCCOC(=O)c1ccc(OC(=O)c2ccc(-c3ccc(CC)cn3)cc2)cc1. The van der Waals surface area contributed by atoms with Crippen LogP contribution in [0.15, 0.2) is 66.9 Å². The Labute approximate surface area is 176 Å². The number of hydrogen-bond donors (Lipinski definition) is 0. The molecular weight excluding hydrogens is 378 g/mol. The van der Waals surface area contributed by atoms with Crippen LogP contribution >= 0.6 is 0 Å². The topological polar surface area (TPSA) is 65.5 Å². The van der Waals surface area contributed by atoms with Crippen molar-refractivity contribution in [2.75, 3.05) is 6.61 Å². The summed E-state index contributed by atoms with van der Waals surface area (Å²) in [6.45, 7) is 4.52. The van der Waals surface area contributed by atoms with Crippen molar-refractivity contribution in [3.8, 4) is 17.0 Å². The number of benzene rings is 2. The molecule has 0 bridgehead atoms. The van der Waals surface area contributed by atoms with E-state index in [0.717, 1.165) is 30.5 Å². The Morgan fingerprint density at radius 1 is 0.833 bits per heavy atom. The van der Waals surface area contributed by atoms with E-state index < -0.39 is 5.97 Å². The molecule has 0 spiro atoms. The number of aryl methyl sites for hydroxylation is 1. The van der Waals surface area contributed by atoms with Gasteiger partial charge < -0.3 is 9.47 Å². The number of aromatic nitrogens is 1. The summed E-state index contributed by atoms with van der Waals surface area (Å²) in [5, 5.41) is 0. The van der Waals surface area contributed by atoms with Gasteiger partial charge in [-0.1, -0.05) is 38.5 Å². The number of esters is 2. The molecule has 5 heteroatoms. The maximum Gasteiger partial charge on any atom is 0.343 e. The number of carbonyl (C=O) groups excluding carboxylic acids is 2. The average molecular weight is 403 g/mol. The molecule has 0 radical (unpaired) electrons. The van der Waals surface area contributed by atoms with Crippen molar-refractivity contribution in [1.82, 2.24) is 4.98 Å². The number of carbonyl (C=O) groups is 2. The standard InChI is InChI=1S/C25H25NO4/c1-3-5-16-29-24(27)20-11-13-22(14-12-20)30-25(28)21-9-7-19(8-10-21)23-15-6-18(4-2)17-26-23/h6-15,17H,3-5,16H2,1-2H3. The van der Waals surface area contributed by atoms with E-state index in [1.54, 1.807) is 36.4 Å². The summed E-state index contributed by atoms with van der Waals surface area (Å²) in [5.74, 6) is -0.474. The van der Waals surface area contributed by atoms with Gasteiger partial charge >= 0.3 is 11.9 Å². The zero-order chi connectivity index (χ0) is 21.3. The molecule has 5 nitrogen and oxygen atoms in total. The highest BCUT2D eigenvalue weighted by molar-refractivity contribution is 5.92. The lowest BCUT2D eigenvalue weighted by Crippen LogP contribution is -2.09. The van der Waals surface area contributed by atoms with Crippen molar-refractivity contribution in [1.29, 1.82) is 0 Å². The van der Waals surface area contributed by atoms with E-state index in [9.17, 15) is 9.59 Å². The largest absolute Gasteiger partial charge is 0.462 e. The zero-order valence-electron chi connectivity index (χ0n) is 17.3. The Morgan fingerprint density at radius 2 is 1.50 bits per heavy atom. The molecule has 0 saturated heterocycles. The van der Waals surface area contributed by atoms with Crippen LogP contribution in [0.1, 0.15) is 53.0 Å². The first-order valence-electron chi connectivity index (χ1n) is 10.2. The first kappa shape index (κ1) is 21.2. The molecule has 30 heavy (non-hydrogen) atoms. The Bertz CT molecular complexity index is 977. The first-order valence-corrected chi connectivity index (χ1v) is 10.2. The lowest BCUT2D eigenvalue weighted by Gasteiger charge is -2.07.